The molecule has 2 aliphatic rings. The number of carbonyl (C=O) groups excluding carboxylic acids is 2. The van der Waals surface area contributed by atoms with Crippen LogP contribution in [0.5, 0.6) is 5.88 Å². The lowest BCUT2D eigenvalue weighted by atomic mass is 9.77. The van der Waals surface area contributed by atoms with Crippen LogP contribution < -0.4 is 21.5 Å². The van der Waals surface area contributed by atoms with Crippen LogP contribution in [0, 0.1) is 5.92 Å². The highest BCUT2D eigenvalue weighted by atomic mass is 32.2. The maximum absolute atomic E-state index is 12.0. The second-order valence-corrected chi connectivity index (χ2v) is 9.41. The highest BCUT2D eigenvalue weighted by Crippen LogP contribution is 2.39. The number of nitrogen functional groups attached to an aromatic ring is 1. The summed E-state index contributed by atoms with van der Waals surface area (Å²) in [6, 6.07) is 8.28. The number of nitrogens with one attached hydrogen (secondary N) is 1. The average molecular weight is 469 g/mol. The fraction of sp³-hybridized carbons (Fsp3) is 0.435. The molecule has 9 nitrogen and oxygen atoms in total. The molecule has 10 heteroatoms. The first-order chi connectivity index (χ1) is 16.0. The number of carbonyl (C=O) groups is 2. The first-order valence-electron chi connectivity index (χ1n) is 11.0. The molecule has 0 spiro atoms. The van der Waals surface area contributed by atoms with Crippen molar-refractivity contribution >= 4 is 41.3 Å². The number of imide groups is 1. The highest BCUT2D eigenvalue weighted by molar-refractivity contribution is 7.99. The smallest absolute Gasteiger partial charge is 0.247 e. The van der Waals surface area contributed by atoms with Crippen molar-refractivity contribution in [1.82, 2.24) is 15.3 Å². The summed E-state index contributed by atoms with van der Waals surface area (Å²) < 4.78 is 5.68. The number of nitrogens with zero attached hydrogens (tertiary/aromatic N) is 3. The van der Waals surface area contributed by atoms with E-state index in [1.54, 1.807) is 0 Å². The van der Waals surface area contributed by atoms with Crippen molar-refractivity contribution < 1.29 is 14.3 Å². The maximum atomic E-state index is 12.0. The molecule has 2 atom stereocenters. The molecule has 1 aromatic heterocycles. The number of hydrogen-bond acceptors (Lipinski definition) is 9. The molecule has 0 saturated heterocycles. The monoisotopic (exact) mass is 468 g/mol. The number of aromatic nitrogens is 2. The van der Waals surface area contributed by atoms with Crippen LogP contribution in [-0.4, -0.2) is 45.7 Å². The Morgan fingerprint density at radius 1 is 1.24 bits per heavy atom. The fourth-order valence-electron chi connectivity index (χ4n) is 4.58. The van der Waals surface area contributed by atoms with Gasteiger partial charge >= 0.3 is 0 Å². The van der Waals surface area contributed by atoms with Crippen LogP contribution in [0.3, 0.4) is 0 Å². The van der Waals surface area contributed by atoms with Gasteiger partial charge in [-0.25, -0.2) is 9.98 Å². The number of nitrogens with two attached hydrogens (primary N) is 2. The van der Waals surface area contributed by atoms with E-state index in [1.165, 1.54) is 23.7 Å². The van der Waals surface area contributed by atoms with Crippen molar-refractivity contribution in [2.75, 3.05) is 12.0 Å². The van der Waals surface area contributed by atoms with Gasteiger partial charge in [-0.1, -0.05) is 24.3 Å². The van der Waals surface area contributed by atoms with Gasteiger partial charge in [0.05, 0.1) is 5.25 Å². The Labute approximate surface area is 196 Å². The second-order valence-electron chi connectivity index (χ2n) is 8.37. The van der Waals surface area contributed by atoms with Crippen molar-refractivity contribution in [3.8, 4) is 5.88 Å². The molecule has 0 radical (unpaired) electrons. The summed E-state index contributed by atoms with van der Waals surface area (Å²) in [4.78, 5) is 35.2. The summed E-state index contributed by atoms with van der Waals surface area (Å²) in [5.41, 5.74) is 15.2. The standard InChI is InChI=1S/C23H28N6O3S/c1-33-17(22(31)28-12-30)10-13-2-4-14(5-3-13)15-6-8-16(9-7-15)18-21(25)32-23-19(29-18)20(24)26-11-27-23/h6-9,11-14,17,21H,2-5,10,25H2,1H3,(H2,24,26,27)(H,28,30,31). The molecule has 1 saturated carbocycles. The third-order valence-corrected chi connectivity index (χ3v) is 7.38. The van der Waals surface area contributed by atoms with Crippen LogP contribution in [-0.2, 0) is 9.59 Å². The van der Waals surface area contributed by atoms with Gasteiger partial charge in [0, 0.05) is 5.56 Å². The van der Waals surface area contributed by atoms with Gasteiger partial charge < -0.3 is 10.5 Å². The second kappa shape index (κ2) is 10.3. The zero-order valence-electron chi connectivity index (χ0n) is 18.4. The summed E-state index contributed by atoms with van der Waals surface area (Å²) in [5, 5.41) is 2.11. The molecule has 174 valence electrons. The zero-order chi connectivity index (χ0) is 23.4. The van der Waals surface area contributed by atoms with Crippen LogP contribution in [0.2, 0.25) is 0 Å². The quantitative estimate of drug-likeness (QED) is 0.526. The number of amides is 2. The lowest BCUT2D eigenvalue weighted by Crippen LogP contribution is -2.39. The molecule has 2 aromatic rings. The Hall–Kier alpha value is -2.98. The van der Waals surface area contributed by atoms with Gasteiger partial charge in [-0.05, 0) is 55.8 Å². The topological polar surface area (TPSA) is 146 Å². The van der Waals surface area contributed by atoms with Crippen LogP contribution in [0.15, 0.2) is 35.6 Å². The van der Waals surface area contributed by atoms with Crippen molar-refractivity contribution in [2.24, 2.45) is 16.6 Å². The van der Waals surface area contributed by atoms with Gasteiger partial charge in [-0.3, -0.25) is 20.6 Å². The van der Waals surface area contributed by atoms with E-state index in [-0.39, 0.29) is 17.0 Å². The Kier molecular flexibility index (Phi) is 7.24. The molecule has 2 amide bonds. The first kappa shape index (κ1) is 23.2. The average Bonchev–Trinajstić information content (AvgIpc) is 2.83. The molecule has 2 unspecified atom stereocenters. The summed E-state index contributed by atoms with van der Waals surface area (Å²) in [7, 11) is 0. The Morgan fingerprint density at radius 2 is 1.97 bits per heavy atom. The molecule has 0 bridgehead atoms. The summed E-state index contributed by atoms with van der Waals surface area (Å²) in [6.07, 6.45) is 8.06. The normalized spacial score (nSPS) is 23.0. The summed E-state index contributed by atoms with van der Waals surface area (Å²) in [6.45, 7) is 0. The number of hydrogen-bond donors (Lipinski definition) is 3. The Balaban J connectivity index is 1.39. The Morgan fingerprint density at radius 3 is 2.64 bits per heavy atom. The van der Waals surface area contributed by atoms with E-state index >= 15 is 0 Å². The van der Waals surface area contributed by atoms with E-state index in [4.69, 9.17) is 16.2 Å². The zero-order valence-corrected chi connectivity index (χ0v) is 19.3. The molecule has 4 rings (SSSR count). The summed E-state index contributed by atoms with van der Waals surface area (Å²) >= 11 is 1.50. The number of rotatable bonds is 7. The molecular formula is C23H28N6O3S. The van der Waals surface area contributed by atoms with Crippen LogP contribution in [0.4, 0.5) is 11.5 Å². The predicted octanol–water partition coefficient (Wildman–Crippen LogP) is 2.52. The molecule has 33 heavy (non-hydrogen) atoms. The molecule has 2 heterocycles. The molecule has 1 aliphatic carbocycles. The van der Waals surface area contributed by atoms with Crippen molar-refractivity contribution in [3.63, 3.8) is 0 Å². The van der Waals surface area contributed by atoms with Crippen molar-refractivity contribution in [3.05, 3.63) is 41.7 Å². The van der Waals surface area contributed by atoms with Gasteiger partial charge in [-0.15, -0.1) is 0 Å². The number of fused-ring (bicyclic) bond motifs is 1. The van der Waals surface area contributed by atoms with E-state index < -0.39 is 6.23 Å². The number of thioether (sulfide) groups is 1. The van der Waals surface area contributed by atoms with Crippen molar-refractivity contribution in [1.29, 1.82) is 0 Å². The van der Waals surface area contributed by atoms with E-state index in [0.717, 1.165) is 37.7 Å². The third kappa shape index (κ3) is 5.17. The number of ether oxygens (including phenoxy) is 1. The van der Waals surface area contributed by atoms with E-state index in [1.807, 2.05) is 18.4 Å². The van der Waals surface area contributed by atoms with Gasteiger partial charge in [-0.2, -0.15) is 16.7 Å². The molecule has 5 N–H and O–H groups in total. The number of aliphatic imine (C=N–C) groups is 1. The molecular weight excluding hydrogens is 440 g/mol. The van der Waals surface area contributed by atoms with Gasteiger partial charge in [0.1, 0.15) is 12.0 Å². The molecule has 1 aromatic carbocycles. The van der Waals surface area contributed by atoms with Gasteiger partial charge in [0.15, 0.2) is 17.7 Å². The van der Waals surface area contributed by atoms with E-state index in [2.05, 4.69) is 32.4 Å². The third-order valence-electron chi connectivity index (χ3n) is 6.41. The minimum absolute atomic E-state index is 0.178. The Bertz CT molecular complexity index is 1040. The number of anilines is 1. The van der Waals surface area contributed by atoms with Crippen LogP contribution in [0.1, 0.15) is 49.1 Å². The van der Waals surface area contributed by atoms with Crippen LogP contribution >= 0.6 is 11.8 Å². The minimum Gasteiger partial charge on any atom is -0.451 e. The molecule has 1 aliphatic heterocycles. The van der Waals surface area contributed by atoms with E-state index in [0.29, 0.717) is 35.5 Å². The maximum Gasteiger partial charge on any atom is 0.247 e. The molecule has 1 fully saturated rings. The highest BCUT2D eigenvalue weighted by Gasteiger charge is 2.28. The minimum atomic E-state index is -0.728. The van der Waals surface area contributed by atoms with Gasteiger partial charge in [0.25, 0.3) is 0 Å². The fourth-order valence-corrected chi connectivity index (χ4v) is 5.32. The predicted molar refractivity (Wildman–Crippen MR) is 129 cm³/mol. The van der Waals surface area contributed by atoms with E-state index in [9.17, 15) is 9.59 Å². The lowest BCUT2D eigenvalue weighted by Gasteiger charge is -2.30. The lowest BCUT2D eigenvalue weighted by molar-refractivity contribution is -0.125. The largest absolute Gasteiger partial charge is 0.451 e. The van der Waals surface area contributed by atoms with Gasteiger partial charge in [0.2, 0.25) is 18.2 Å². The summed E-state index contributed by atoms with van der Waals surface area (Å²) in [5.74, 6) is 1.33. The number of benzene rings is 1. The van der Waals surface area contributed by atoms with Crippen molar-refractivity contribution in [2.45, 2.75) is 49.5 Å². The SMILES string of the molecule is CSC(CC1CCC(c2ccc(C3=Nc4c(N)ncnc4OC3N)cc2)CC1)C(=O)NC=O. The first-order valence-corrected chi connectivity index (χ1v) is 12.3. The van der Waals surface area contributed by atoms with Crippen LogP contribution in [0.25, 0.3) is 0 Å².